The van der Waals surface area contributed by atoms with Crippen molar-refractivity contribution >= 4 is 0 Å². The van der Waals surface area contributed by atoms with Gasteiger partial charge in [0, 0.05) is 0 Å². The minimum absolute atomic E-state index is 0.0364. The fourth-order valence-corrected chi connectivity index (χ4v) is 5.91. The molecule has 0 spiro atoms. The Kier molecular flexibility index (Phi) is 6.19. The van der Waals surface area contributed by atoms with Crippen LogP contribution in [-0.4, -0.2) is 18.5 Å². The van der Waals surface area contributed by atoms with Gasteiger partial charge in [-0.25, -0.2) is 13.2 Å². The van der Waals surface area contributed by atoms with E-state index in [2.05, 4.69) is 6.92 Å². The predicted octanol–water partition coefficient (Wildman–Crippen LogP) is 6.68. The van der Waals surface area contributed by atoms with Crippen molar-refractivity contribution in [3.63, 3.8) is 0 Å². The monoisotopic (exact) mass is 344 g/mol. The first-order valence-corrected chi connectivity index (χ1v) is 10.4. The van der Waals surface area contributed by atoms with Crippen LogP contribution >= 0.6 is 0 Å². The highest BCUT2D eigenvalue weighted by molar-refractivity contribution is 4.92. The van der Waals surface area contributed by atoms with Crippen LogP contribution < -0.4 is 0 Å². The second kappa shape index (κ2) is 7.99. The summed E-state index contributed by atoms with van der Waals surface area (Å²) in [5, 5.41) is 0. The molecule has 0 aromatic heterocycles. The Hall–Kier alpha value is -0.210. The first-order valence-electron chi connectivity index (χ1n) is 10.4. The van der Waals surface area contributed by atoms with Gasteiger partial charge in [0.05, 0.1) is 0 Å². The van der Waals surface area contributed by atoms with E-state index in [0.717, 1.165) is 31.1 Å². The largest absolute Gasteiger partial charge is 0.247 e. The molecule has 7 unspecified atom stereocenters. The molecule has 0 amide bonds. The van der Waals surface area contributed by atoms with E-state index in [1.807, 2.05) is 0 Å². The molecule has 3 heteroatoms. The molecule has 0 aromatic carbocycles. The number of alkyl halides is 3. The SMILES string of the molecule is CC1CCC(C2CCC(F)C(C3CC(C)C(F)C(F)C3)CC2)CC1. The lowest BCUT2D eigenvalue weighted by atomic mass is 9.70. The summed E-state index contributed by atoms with van der Waals surface area (Å²) in [5.74, 6) is 2.05. The summed E-state index contributed by atoms with van der Waals surface area (Å²) in [6, 6.07) is 0. The lowest BCUT2D eigenvalue weighted by Crippen LogP contribution is -2.39. The molecular weight excluding hydrogens is 309 g/mol. The lowest BCUT2D eigenvalue weighted by molar-refractivity contribution is 0.00932. The molecule has 3 rings (SSSR count). The van der Waals surface area contributed by atoms with E-state index in [1.165, 1.54) is 25.7 Å². The van der Waals surface area contributed by atoms with Gasteiger partial charge in [0.25, 0.3) is 0 Å². The van der Waals surface area contributed by atoms with E-state index in [1.54, 1.807) is 6.92 Å². The van der Waals surface area contributed by atoms with E-state index in [4.69, 9.17) is 0 Å². The maximum absolute atomic E-state index is 14.8. The topological polar surface area (TPSA) is 0 Å². The zero-order chi connectivity index (χ0) is 17.3. The van der Waals surface area contributed by atoms with Crippen molar-refractivity contribution < 1.29 is 13.2 Å². The third kappa shape index (κ3) is 4.12. The molecule has 0 radical (unpaired) electrons. The van der Waals surface area contributed by atoms with E-state index in [0.29, 0.717) is 18.8 Å². The maximum Gasteiger partial charge on any atom is 0.134 e. The van der Waals surface area contributed by atoms with E-state index >= 15 is 0 Å². The van der Waals surface area contributed by atoms with Crippen LogP contribution in [0.4, 0.5) is 13.2 Å². The molecule has 0 aliphatic heterocycles. The van der Waals surface area contributed by atoms with Gasteiger partial charge in [0.15, 0.2) is 0 Å². The summed E-state index contributed by atoms with van der Waals surface area (Å²) in [6.45, 7) is 4.13. The third-order valence-electron chi connectivity index (χ3n) is 7.57. The zero-order valence-electron chi connectivity index (χ0n) is 15.4. The minimum atomic E-state index is -1.38. The molecule has 0 bridgehead atoms. The highest BCUT2D eigenvalue weighted by atomic mass is 19.2. The molecule has 0 saturated heterocycles. The molecule has 24 heavy (non-hydrogen) atoms. The van der Waals surface area contributed by atoms with Gasteiger partial charge in [0.2, 0.25) is 0 Å². The Morgan fingerprint density at radius 2 is 1.17 bits per heavy atom. The molecular formula is C21H35F3. The Balaban J connectivity index is 1.58. The number of rotatable bonds is 2. The van der Waals surface area contributed by atoms with Crippen molar-refractivity contribution in [2.45, 2.75) is 96.6 Å². The van der Waals surface area contributed by atoms with E-state index in [-0.39, 0.29) is 24.2 Å². The second-order valence-electron chi connectivity index (χ2n) is 9.28. The number of hydrogen-bond acceptors (Lipinski definition) is 0. The molecule has 0 heterocycles. The van der Waals surface area contributed by atoms with Gasteiger partial charge >= 0.3 is 0 Å². The number of hydrogen-bond donors (Lipinski definition) is 0. The fourth-order valence-electron chi connectivity index (χ4n) is 5.91. The van der Waals surface area contributed by atoms with Crippen LogP contribution in [0.2, 0.25) is 0 Å². The van der Waals surface area contributed by atoms with Crippen molar-refractivity contribution in [3.05, 3.63) is 0 Å². The average molecular weight is 345 g/mol. The molecule has 0 aromatic rings. The molecule has 7 atom stereocenters. The molecule has 3 aliphatic rings. The first-order chi connectivity index (χ1) is 11.5. The molecule has 3 saturated carbocycles. The molecule has 0 N–H and O–H groups in total. The Labute approximate surface area is 146 Å². The fraction of sp³-hybridized carbons (Fsp3) is 1.00. The van der Waals surface area contributed by atoms with Crippen molar-refractivity contribution in [3.8, 4) is 0 Å². The van der Waals surface area contributed by atoms with Crippen LogP contribution in [-0.2, 0) is 0 Å². The third-order valence-corrected chi connectivity index (χ3v) is 7.57. The maximum atomic E-state index is 14.8. The molecule has 140 valence electrons. The van der Waals surface area contributed by atoms with Gasteiger partial charge in [-0.05, 0) is 86.9 Å². The van der Waals surface area contributed by atoms with Crippen molar-refractivity contribution in [2.75, 3.05) is 0 Å². The van der Waals surface area contributed by atoms with Gasteiger partial charge in [-0.15, -0.1) is 0 Å². The molecule has 3 fully saturated rings. The molecule has 3 aliphatic carbocycles. The average Bonchev–Trinajstić information content (AvgIpc) is 2.75. The summed E-state index contributed by atoms with van der Waals surface area (Å²) >= 11 is 0. The van der Waals surface area contributed by atoms with Crippen LogP contribution in [0.15, 0.2) is 0 Å². The van der Waals surface area contributed by atoms with Crippen LogP contribution in [0, 0.1) is 35.5 Å². The lowest BCUT2D eigenvalue weighted by Gasteiger charge is -2.38. The first kappa shape index (κ1) is 18.6. The Morgan fingerprint density at radius 3 is 1.79 bits per heavy atom. The summed E-state index contributed by atoms with van der Waals surface area (Å²) in [6.07, 6.45) is 6.27. The zero-order valence-corrected chi connectivity index (χ0v) is 15.4. The van der Waals surface area contributed by atoms with Crippen LogP contribution in [0.1, 0.15) is 78.1 Å². The minimum Gasteiger partial charge on any atom is -0.247 e. The van der Waals surface area contributed by atoms with E-state index in [9.17, 15) is 13.2 Å². The second-order valence-corrected chi connectivity index (χ2v) is 9.28. The van der Waals surface area contributed by atoms with Gasteiger partial charge in [-0.1, -0.05) is 26.7 Å². The quantitative estimate of drug-likeness (QED) is 0.490. The summed E-state index contributed by atoms with van der Waals surface area (Å²) < 4.78 is 42.6. The normalized spacial score (nSPS) is 51.1. The predicted molar refractivity (Wildman–Crippen MR) is 93.1 cm³/mol. The summed E-state index contributed by atoms with van der Waals surface area (Å²) in [7, 11) is 0. The van der Waals surface area contributed by atoms with Crippen molar-refractivity contribution in [2.24, 2.45) is 35.5 Å². The highest BCUT2D eigenvalue weighted by Gasteiger charge is 2.42. The Morgan fingerprint density at radius 1 is 0.583 bits per heavy atom. The van der Waals surface area contributed by atoms with Crippen LogP contribution in [0.3, 0.4) is 0 Å². The van der Waals surface area contributed by atoms with E-state index < -0.39 is 18.5 Å². The highest BCUT2D eigenvalue weighted by Crippen LogP contribution is 2.46. The van der Waals surface area contributed by atoms with Crippen molar-refractivity contribution in [1.29, 1.82) is 0 Å². The summed E-state index contributed by atoms with van der Waals surface area (Å²) in [4.78, 5) is 0. The van der Waals surface area contributed by atoms with Gasteiger partial charge < -0.3 is 0 Å². The number of halogens is 3. The van der Waals surface area contributed by atoms with Gasteiger partial charge in [-0.2, -0.15) is 0 Å². The van der Waals surface area contributed by atoms with Gasteiger partial charge in [0.1, 0.15) is 18.5 Å². The summed E-state index contributed by atoms with van der Waals surface area (Å²) in [5.41, 5.74) is 0. The van der Waals surface area contributed by atoms with Crippen LogP contribution in [0.5, 0.6) is 0 Å². The molecule has 0 nitrogen and oxygen atoms in total. The Bertz CT molecular complexity index is 379. The van der Waals surface area contributed by atoms with Crippen molar-refractivity contribution in [1.82, 2.24) is 0 Å². The van der Waals surface area contributed by atoms with Crippen LogP contribution in [0.25, 0.3) is 0 Å². The smallest absolute Gasteiger partial charge is 0.134 e. The van der Waals surface area contributed by atoms with Gasteiger partial charge in [-0.3, -0.25) is 0 Å². The standard InChI is InChI=1S/C21H35F3/c1-13-3-5-15(6-4-13)16-7-9-18(19(22)10-8-16)17-11-14(2)21(24)20(23)12-17/h13-21H,3-12H2,1-2H3.